The third-order valence-corrected chi connectivity index (χ3v) is 5.84. The lowest BCUT2D eigenvalue weighted by Crippen LogP contribution is -2.47. The first-order valence-corrected chi connectivity index (χ1v) is 10.1. The van der Waals surface area contributed by atoms with Gasteiger partial charge in [0, 0.05) is 19.1 Å². The lowest BCUT2D eigenvalue weighted by molar-refractivity contribution is -0.0971. The number of benzene rings is 1. The zero-order valence-electron chi connectivity index (χ0n) is 16.0. The molecule has 3 rings (SSSR count). The summed E-state index contributed by atoms with van der Waals surface area (Å²) >= 11 is 3.78. The van der Waals surface area contributed by atoms with Gasteiger partial charge in [0.15, 0.2) is 11.5 Å². The summed E-state index contributed by atoms with van der Waals surface area (Å²) in [5.41, 5.74) is 2.68. The van der Waals surface area contributed by atoms with Gasteiger partial charge in [0.25, 0.3) is 0 Å². The molecule has 0 N–H and O–H groups in total. The summed E-state index contributed by atoms with van der Waals surface area (Å²) in [6, 6.07) is 2.64. The van der Waals surface area contributed by atoms with Crippen LogP contribution in [-0.4, -0.2) is 43.4 Å². The summed E-state index contributed by atoms with van der Waals surface area (Å²) in [6.45, 7) is 11.1. The lowest BCUT2D eigenvalue weighted by Gasteiger charge is -2.45. The van der Waals surface area contributed by atoms with Crippen LogP contribution in [0.15, 0.2) is 10.5 Å². The molecule has 2 atom stereocenters. The van der Waals surface area contributed by atoms with Crippen molar-refractivity contribution in [3.05, 3.63) is 21.7 Å². The molecular weight excluding hydrogens is 382 g/mol. The second kappa shape index (κ2) is 7.45. The van der Waals surface area contributed by atoms with E-state index in [0.717, 1.165) is 48.3 Å². The zero-order valence-corrected chi connectivity index (χ0v) is 17.6. The molecule has 2 heterocycles. The Kier molecular flexibility index (Phi) is 5.66. The summed E-state index contributed by atoms with van der Waals surface area (Å²) < 4.78 is 18.7. The lowest BCUT2D eigenvalue weighted by atomic mass is 9.85. The molecular formula is C20H30BrNO3. The fourth-order valence-electron chi connectivity index (χ4n) is 4.11. The molecule has 0 aromatic heterocycles. The number of hydrogen-bond acceptors (Lipinski definition) is 4. The molecule has 0 radical (unpaired) electrons. The maximum atomic E-state index is 6.24. The van der Waals surface area contributed by atoms with Gasteiger partial charge in [-0.3, -0.25) is 4.90 Å². The van der Waals surface area contributed by atoms with E-state index in [1.165, 1.54) is 11.1 Å². The van der Waals surface area contributed by atoms with Crippen LogP contribution in [0.4, 0.5) is 0 Å². The smallest absolute Gasteiger partial charge is 0.175 e. The van der Waals surface area contributed by atoms with E-state index in [4.69, 9.17) is 14.2 Å². The third kappa shape index (κ3) is 3.99. The maximum Gasteiger partial charge on any atom is 0.175 e. The molecule has 1 fully saturated rings. The SMILES string of the molecule is CCOc1c(OC)cc2c(c1Br)CCN1CC(OC(C)(C)C)CCC21. The Morgan fingerprint density at radius 1 is 1.28 bits per heavy atom. The normalized spacial score (nSPS) is 23.8. The molecule has 2 aliphatic heterocycles. The van der Waals surface area contributed by atoms with E-state index in [2.05, 4.69) is 47.7 Å². The number of halogens is 1. The van der Waals surface area contributed by atoms with E-state index in [0.29, 0.717) is 18.8 Å². The molecule has 2 aliphatic rings. The van der Waals surface area contributed by atoms with Crippen LogP contribution in [0, 0.1) is 0 Å². The highest BCUT2D eigenvalue weighted by Crippen LogP contribution is 2.47. The summed E-state index contributed by atoms with van der Waals surface area (Å²) in [6.07, 6.45) is 3.58. The van der Waals surface area contributed by atoms with Gasteiger partial charge in [-0.1, -0.05) is 0 Å². The van der Waals surface area contributed by atoms with Gasteiger partial charge in [-0.05, 0) is 80.1 Å². The van der Waals surface area contributed by atoms with Crippen molar-refractivity contribution in [1.82, 2.24) is 4.90 Å². The Balaban J connectivity index is 1.86. The molecule has 25 heavy (non-hydrogen) atoms. The highest BCUT2D eigenvalue weighted by atomic mass is 79.9. The summed E-state index contributed by atoms with van der Waals surface area (Å²) in [4.78, 5) is 2.58. The standard InChI is InChI=1S/C20H30BrNO3/c1-6-24-19-17(23-5)11-15-14(18(19)21)9-10-22-12-13(7-8-16(15)22)25-20(2,3)4/h11,13,16H,6-10,12H2,1-5H3. The number of nitrogens with zero attached hydrogens (tertiary/aromatic N) is 1. The summed E-state index contributed by atoms with van der Waals surface area (Å²) in [7, 11) is 1.71. The Morgan fingerprint density at radius 2 is 2.04 bits per heavy atom. The highest BCUT2D eigenvalue weighted by molar-refractivity contribution is 9.10. The molecule has 1 aromatic rings. The van der Waals surface area contributed by atoms with E-state index in [1.54, 1.807) is 7.11 Å². The molecule has 1 saturated heterocycles. The average Bonchev–Trinajstić information content (AvgIpc) is 2.55. The Hall–Kier alpha value is -0.780. The molecule has 0 amide bonds. The second-order valence-corrected chi connectivity index (χ2v) is 8.71. The van der Waals surface area contributed by atoms with Crippen molar-refractivity contribution in [2.45, 2.75) is 64.7 Å². The van der Waals surface area contributed by atoms with Gasteiger partial charge in [-0.2, -0.15) is 0 Å². The van der Waals surface area contributed by atoms with Crippen molar-refractivity contribution in [3.8, 4) is 11.5 Å². The predicted molar refractivity (Wildman–Crippen MR) is 104 cm³/mol. The minimum absolute atomic E-state index is 0.0795. The Bertz CT molecular complexity index is 626. The summed E-state index contributed by atoms with van der Waals surface area (Å²) in [5.74, 6) is 1.66. The zero-order chi connectivity index (χ0) is 18.2. The minimum atomic E-state index is -0.0795. The van der Waals surface area contributed by atoms with Crippen LogP contribution < -0.4 is 9.47 Å². The average molecular weight is 412 g/mol. The first-order valence-electron chi connectivity index (χ1n) is 9.28. The van der Waals surface area contributed by atoms with Crippen molar-refractivity contribution in [3.63, 3.8) is 0 Å². The van der Waals surface area contributed by atoms with Crippen LogP contribution in [0.25, 0.3) is 0 Å². The molecule has 0 bridgehead atoms. The third-order valence-electron chi connectivity index (χ3n) is 5.00. The fourth-order valence-corrected chi connectivity index (χ4v) is 4.84. The quantitative estimate of drug-likeness (QED) is 0.715. The number of rotatable bonds is 4. The van der Waals surface area contributed by atoms with E-state index >= 15 is 0 Å². The molecule has 0 saturated carbocycles. The monoisotopic (exact) mass is 411 g/mol. The number of hydrogen-bond donors (Lipinski definition) is 0. The van der Waals surface area contributed by atoms with Crippen molar-refractivity contribution in [2.24, 2.45) is 0 Å². The van der Waals surface area contributed by atoms with Gasteiger partial charge >= 0.3 is 0 Å². The van der Waals surface area contributed by atoms with E-state index in [1.807, 2.05) is 6.92 Å². The predicted octanol–water partition coefficient (Wildman–Crippen LogP) is 4.73. The fraction of sp³-hybridized carbons (Fsp3) is 0.700. The maximum absolute atomic E-state index is 6.24. The molecule has 2 unspecified atom stereocenters. The van der Waals surface area contributed by atoms with Crippen molar-refractivity contribution < 1.29 is 14.2 Å². The van der Waals surface area contributed by atoms with Crippen molar-refractivity contribution in [2.75, 3.05) is 26.8 Å². The highest BCUT2D eigenvalue weighted by Gasteiger charge is 2.37. The van der Waals surface area contributed by atoms with Crippen LogP contribution in [-0.2, 0) is 11.2 Å². The number of methoxy groups -OCH3 is 1. The van der Waals surface area contributed by atoms with Crippen molar-refractivity contribution >= 4 is 15.9 Å². The largest absolute Gasteiger partial charge is 0.493 e. The van der Waals surface area contributed by atoms with Crippen LogP contribution in [0.5, 0.6) is 11.5 Å². The molecule has 1 aromatic carbocycles. The van der Waals surface area contributed by atoms with Crippen molar-refractivity contribution in [1.29, 1.82) is 0 Å². The van der Waals surface area contributed by atoms with Gasteiger partial charge in [0.05, 0.1) is 29.9 Å². The number of fused-ring (bicyclic) bond motifs is 3. The van der Waals surface area contributed by atoms with Crippen LogP contribution in [0.2, 0.25) is 0 Å². The van der Waals surface area contributed by atoms with E-state index in [9.17, 15) is 0 Å². The second-order valence-electron chi connectivity index (χ2n) is 7.91. The molecule has 4 nitrogen and oxygen atoms in total. The molecule has 5 heteroatoms. The van der Waals surface area contributed by atoms with Crippen LogP contribution in [0.1, 0.15) is 57.7 Å². The van der Waals surface area contributed by atoms with Gasteiger partial charge in [-0.15, -0.1) is 0 Å². The Labute approximate surface area is 159 Å². The first-order chi connectivity index (χ1) is 11.8. The number of ether oxygens (including phenoxy) is 3. The van der Waals surface area contributed by atoms with Gasteiger partial charge in [0.2, 0.25) is 0 Å². The topological polar surface area (TPSA) is 30.9 Å². The van der Waals surface area contributed by atoms with Gasteiger partial charge < -0.3 is 14.2 Å². The minimum Gasteiger partial charge on any atom is -0.493 e. The Morgan fingerprint density at radius 3 is 2.68 bits per heavy atom. The molecule has 0 aliphatic carbocycles. The van der Waals surface area contributed by atoms with E-state index in [-0.39, 0.29) is 5.60 Å². The molecule has 140 valence electrons. The first kappa shape index (κ1) is 19.0. The summed E-state index contributed by atoms with van der Waals surface area (Å²) in [5, 5.41) is 0. The van der Waals surface area contributed by atoms with E-state index < -0.39 is 0 Å². The van der Waals surface area contributed by atoms with Gasteiger partial charge in [-0.25, -0.2) is 0 Å². The van der Waals surface area contributed by atoms with Gasteiger partial charge in [0.1, 0.15) is 0 Å². The number of piperidine rings is 1. The van der Waals surface area contributed by atoms with Crippen LogP contribution >= 0.6 is 15.9 Å². The van der Waals surface area contributed by atoms with Crippen LogP contribution in [0.3, 0.4) is 0 Å². The molecule has 0 spiro atoms.